The number of carbonyl (C=O) groups is 1. The van der Waals surface area contributed by atoms with Crippen LogP contribution in [0.5, 0.6) is 11.5 Å². The minimum atomic E-state index is 0.0175. The van der Waals surface area contributed by atoms with Crippen molar-refractivity contribution in [1.29, 1.82) is 5.26 Å². The molecule has 2 aromatic carbocycles. The quantitative estimate of drug-likeness (QED) is 0.618. The Morgan fingerprint density at radius 2 is 2.07 bits per heavy atom. The number of nitriles is 1. The zero-order valence-electron chi connectivity index (χ0n) is 15.7. The van der Waals surface area contributed by atoms with Crippen molar-refractivity contribution >= 4 is 34.3 Å². The summed E-state index contributed by atoms with van der Waals surface area (Å²) in [5.74, 6) is 1.53. The highest BCUT2D eigenvalue weighted by atomic mass is 32.2. The van der Waals surface area contributed by atoms with Crippen LogP contribution in [0.4, 0.5) is 5.69 Å². The number of ether oxygens (including phenoxy) is 2. The Labute approximate surface area is 172 Å². The molecule has 7 heteroatoms. The van der Waals surface area contributed by atoms with E-state index in [1.807, 2.05) is 35.2 Å². The van der Waals surface area contributed by atoms with E-state index in [0.717, 1.165) is 17.5 Å². The van der Waals surface area contributed by atoms with Crippen LogP contribution >= 0.6 is 11.8 Å². The van der Waals surface area contributed by atoms with E-state index in [2.05, 4.69) is 24.0 Å². The SMILES string of the molecule is C[C@H]1Cc2ccccc2N1C(=O)CSc1nc2cc3c(cc2cc1C#N)OCO3. The third-order valence-corrected chi connectivity index (χ3v) is 6.18. The van der Waals surface area contributed by atoms with Gasteiger partial charge >= 0.3 is 0 Å². The zero-order valence-corrected chi connectivity index (χ0v) is 16.5. The number of hydrogen-bond donors (Lipinski definition) is 0. The minimum absolute atomic E-state index is 0.0175. The van der Waals surface area contributed by atoms with Crippen LogP contribution in [0.25, 0.3) is 10.9 Å². The van der Waals surface area contributed by atoms with E-state index in [1.54, 1.807) is 6.07 Å². The van der Waals surface area contributed by atoms with Crippen LogP contribution in [0.2, 0.25) is 0 Å². The van der Waals surface area contributed by atoms with Gasteiger partial charge in [0.05, 0.1) is 16.8 Å². The molecule has 0 saturated carbocycles. The maximum absolute atomic E-state index is 13.0. The number of fused-ring (bicyclic) bond motifs is 3. The summed E-state index contributed by atoms with van der Waals surface area (Å²) in [6.45, 7) is 2.24. The second-order valence-electron chi connectivity index (χ2n) is 7.09. The van der Waals surface area contributed by atoms with Crippen molar-refractivity contribution in [2.45, 2.75) is 24.4 Å². The third kappa shape index (κ3) is 3.06. The number of hydrogen-bond acceptors (Lipinski definition) is 6. The lowest BCUT2D eigenvalue weighted by atomic mass is 10.1. The van der Waals surface area contributed by atoms with Gasteiger partial charge in [-0.25, -0.2) is 4.98 Å². The van der Waals surface area contributed by atoms with Crippen molar-refractivity contribution in [1.82, 2.24) is 4.98 Å². The van der Waals surface area contributed by atoms with Gasteiger partial charge in [-0.2, -0.15) is 5.26 Å². The summed E-state index contributed by atoms with van der Waals surface area (Å²) < 4.78 is 10.8. The van der Waals surface area contributed by atoms with Crippen molar-refractivity contribution in [2.24, 2.45) is 0 Å². The summed E-state index contributed by atoms with van der Waals surface area (Å²) in [7, 11) is 0. The third-order valence-electron chi connectivity index (χ3n) is 5.20. The summed E-state index contributed by atoms with van der Waals surface area (Å²) >= 11 is 1.29. The first-order chi connectivity index (χ1) is 14.1. The molecule has 0 unspecified atom stereocenters. The van der Waals surface area contributed by atoms with Crippen LogP contribution in [0.3, 0.4) is 0 Å². The first kappa shape index (κ1) is 17.8. The number of carbonyl (C=O) groups excluding carboxylic acids is 1. The molecule has 0 N–H and O–H groups in total. The molecule has 2 aliphatic heterocycles. The van der Waals surface area contributed by atoms with E-state index in [4.69, 9.17) is 9.47 Å². The lowest BCUT2D eigenvalue weighted by Crippen LogP contribution is -2.37. The molecule has 2 aliphatic rings. The summed E-state index contributed by atoms with van der Waals surface area (Å²) in [4.78, 5) is 19.4. The number of anilines is 1. The predicted octanol–water partition coefficient (Wildman–Crippen LogP) is 3.91. The van der Waals surface area contributed by atoms with Gasteiger partial charge < -0.3 is 14.4 Å². The van der Waals surface area contributed by atoms with Crippen LogP contribution in [0, 0.1) is 11.3 Å². The Balaban J connectivity index is 1.41. The first-order valence-corrected chi connectivity index (χ1v) is 10.3. The van der Waals surface area contributed by atoms with Gasteiger partial charge in [-0.1, -0.05) is 30.0 Å². The number of aromatic nitrogens is 1. The molecule has 0 saturated heterocycles. The summed E-state index contributed by atoms with van der Waals surface area (Å²) in [5.41, 5.74) is 3.33. The number of benzene rings is 2. The van der Waals surface area contributed by atoms with Crippen molar-refractivity contribution in [3.8, 4) is 17.6 Å². The minimum Gasteiger partial charge on any atom is -0.454 e. The first-order valence-electron chi connectivity index (χ1n) is 9.31. The highest BCUT2D eigenvalue weighted by molar-refractivity contribution is 8.00. The Morgan fingerprint density at radius 1 is 1.28 bits per heavy atom. The number of pyridine rings is 1. The average Bonchev–Trinajstić information content (AvgIpc) is 3.32. The fraction of sp³-hybridized carbons (Fsp3) is 0.227. The average molecular weight is 403 g/mol. The van der Waals surface area contributed by atoms with E-state index in [9.17, 15) is 10.1 Å². The number of rotatable bonds is 3. The van der Waals surface area contributed by atoms with E-state index >= 15 is 0 Å². The second kappa shape index (κ2) is 6.98. The normalized spacial score (nSPS) is 16.7. The van der Waals surface area contributed by atoms with Crippen LogP contribution in [-0.2, 0) is 11.2 Å². The van der Waals surface area contributed by atoms with Gasteiger partial charge in [0.25, 0.3) is 0 Å². The van der Waals surface area contributed by atoms with Gasteiger partial charge in [0, 0.05) is 23.2 Å². The molecule has 1 aromatic heterocycles. The van der Waals surface area contributed by atoms with Crippen molar-refractivity contribution < 1.29 is 14.3 Å². The van der Waals surface area contributed by atoms with E-state index in [-0.39, 0.29) is 24.5 Å². The van der Waals surface area contributed by atoms with Gasteiger partial charge in [-0.15, -0.1) is 0 Å². The van der Waals surface area contributed by atoms with Crippen LogP contribution in [-0.4, -0.2) is 29.5 Å². The fourth-order valence-corrected chi connectivity index (χ4v) is 4.70. The van der Waals surface area contributed by atoms with Gasteiger partial charge in [0.2, 0.25) is 12.7 Å². The lowest BCUT2D eigenvalue weighted by Gasteiger charge is -2.22. The van der Waals surface area contributed by atoms with Crippen molar-refractivity contribution in [3.05, 3.63) is 53.6 Å². The van der Waals surface area contributed by atoms with E-state index in [1.165, 1.54) is 17.3 Å². The largest absolute Gasteiger partial charge is 0.454 e. The molecular formula is C22H17N3O3S. The highest BCUT2D eigenvalue weighted by Crippen LogP contribution is 2.37. The zero-order chi connectivity index (χ0) is 20.0. The Bertz CT molecular complexity index is 1190. The second-order valence-corrected chi connectivity index (χ2v) is 8.05. The molecule has 144 valence electrons. The molecule has 3 aromatic rings. The molecule has 29 heavy (non-hydrogen) atoms. The van der Waals surface area contributed by atoms with Crippen LogP contribution in [0.15, 0.2) is 47.5 Å². The van der Waals surface area contributed by atoms with Crippen LogP contribution in [0.1, 0.15) is 18.1 Å². The lowest BCUT2D eigenvalue weighted by molar-refractivity contribution is -0.116. The van der Waals surface area contributed by atoms with Crippen LogP contribution < -0.4 is 14.4 Å². The molecule has 1 atom stereocenters. The Kier molecular flexibility index (Phi) is 4.29. The molecule has 3 heterocycles. The summed E-state index contributed by atoms with van der Waals surface area (Å²) in [6, 6.07) is 15.7. The highest BCUT2D eigenvalue weighted by Gasteiger charge is 2.30. The smallest absolute Gasteiger partial charge is 0.237 e. The molecule has 0 bridgehead atoms. The van der Waals surface area contributed by atoms with Gasteiger partial charge in [0.15, 0.2) is 11.5 Å². The molecule has 0 aliphatic carbocycles. The topological polar surface area (TPSA) is 75.5 Å². The molecule has 0 fully saturated rings. The number of nitrogens with zero attached hydrogens (tertiary/aromatic N) is 3. The monoisotopic (exact) mass is 403 g/mol. The molecular weight excluding hydrogens is 386 g/mol. The molecule has 6 nitrogen and oxygen atoms in total. The maximum atomic E-state index is 13.0. The fourth-order valence-electron chi connectivity index (χ4n) is 3.88. The van der Waals surface area contributed by atoms with E-state index < -0.39 is 0 Å². The van der Waals surface area contributed by atoms with Gasteiger partial charge in [0.1, 0.15) is 11.1 Å². The van der Waals surface area contributed by atoms with Crippen molar-refractivity contribution in [3.63, 3.8) is 0 Å². The molecule has 1 amide bonds. The Hall–Kier alpha value is -3.24. The molecule has 0 spiro atoms. The summed E-state index contributed by atoms with van der Waals surface area (Å²) in [6.07, 6.45) is 0.859. The number of para-hydroxylation sites is 1. The van der Waals surface area contributed by atoms with E-state index in [0.29, 0.717) is 27.6 Å². The van der Waals surface area contributed by atoms with Crippen molar-refractivity contribution in [2.75, 3.05) is 17.4 Å². The molecule has 0 radical (unpaired) electrons. The number of amides is 1. The standard InChI is InChI=1S/C22H17N3O3S/c1-13-6-14-4-2-3-5-18(14)25(13)21(26)11-29-22-16(10-23)7-15-8-19-20(28-12-27-19)9-17(15)24-22/h2-5,7-9,13H,6,11-12H2,1H3/t13-/m0/s1. The number of thioether (sulfide) groups is 1. The predicted molar refractivity (Wildman–Crippen MR) is 110 cm³/mol. The Morgan fingerprint density at radius 3 is 2.90 bits per heavy atom. The van der Waals surface area contributed by atoms with Gasteiger partial charge in [-0.05, 0) is 37.1 Å². The summed E-state index contributed by atoms with van der Waals surface area (Å²) in [5, 5.41) is 10.9. The maximum Gasteiger partial charge on any atom is 0.237 e. The molecule has 5 rings (SSSR count). The van der Waals surface area contributed by atoms with Gasteiger partial charge in [-0.3, -0.25) is 4.79 Å².